The van der Waals surface area contributed by atoms with Crippen LogP contribution >= 0.6 is 0 Å². The summed E-state index contributed by atoms with van der Waals surface area (Å²) in [6, 6.07) is 11.8. The van der Waals surface area contributed by atoms with E-state index in [0.29, 0.717) is 5.88 Å². The van der Waals surface area contributed by atoms with Crippen LogP contribution in [0.15, 0.2) is 42.6 Å². The normalized spacial score (nSPS) is 13.1. The Morgan fingerprint density at radius 1 is 1.10 bits per heavy atom. The highest BCUT2D eigenvalue weighted by molar-refractivity contribution is 5.42. The fourth-order valence-electron chi connectivity index (χ4n) is 2.11. The van der Waals surface area contributed by atoms with Crippen LogP contribution in [0.2, 0.25) is 0 Å². The molecule has 0 fully saturated rings. The molecule has 0 bridgehead atoms. The Balaban J connectivity index is 2.41. The van der Waals surface area contributed by atoms with Crippen molar-refractivity contribution in [2.45, 2.75) is 39.2 Å². The first-order valence-electron chi connectivity index (χ1n) is 6.87. The summed E-state index contributed by atoms with van der Waals surface area (Å²) in [5, 5.41) is 0. The molecule has 3 nitrogen and oxygen atoms in total. The van der Waals surface area contributed by atoms with Crippen LogP contribution < -0.4 is 10.5 Å². The number of benzene rings is 1. The van der Waals surface area contributed by atoms with Gasteiger partial charge in [0.2, 0.25) is 5.88 Å². The zero-order valence-corrected chi connectivity index (χ0v) is 12.6. The summed E-state index contributed by atoms with van der Waals surface area (Å²) in [5.41, 5.74) is 8.05. The summed E-state index contributed by atoms with van der Waals surface area (Å²) in [6.45, 7) is 8.43. The van der Waals surface area contributed by atoms with Crippen LogP contribution in [0, 0.1) is 0 Å². The Kier molecular flexibility index (Phi) is 4.09. The standard InChI is InChI=1S/C17H22N2O/c1-12(18)13-8-7-11-19-16(13)20-15-10-6-5-9-14(15)17(2,3)4/h5-12H,18H2,1-4H3. The Hall–Kier alpha value is -1.87. The number of para-hydroxylation sites is 1. The maximum atomic E-state index is 6.04. The second-order valence-electron chi connectivity index (χ2n) is 6.03. The van der Waals surface area contributed by atoms with Crippen molar-refractivity contribution in [1.29, 1.82) is 0 Å². The number of aromatic nitrogens is 1. The average Bonchev–Trinajstić information content (AvgIpc) is 2.38. The van der Waals surface area contributed by atoms with E-state index in [9.17, 15) is 0 Å². The van der Waals surface area contributed by atoms with E-state index in [1.807, 2.05) is 37.3 Å². The SMILES string of the molecule is CC(N)c1cccnc1Oc1ccccc1C(C)(C)C. The molecule has 0 saturated heterocycles. The smallest absolute Gasteiger partial charge is 0.223 e. The maximum absolute atomic E-state index is 6.04. The second kappa shape index (κ2) is 5.63. The highest BCUT2D eigenvalue weighted by atomic mass is 16.5. The van der Waals surface area contributed by atoms with Crippen LogP contribution in [0.25, 0.3) is 0 Å². The van der Waals surface area contributed by atoms with Gasteiger partial charge in [-0.25, -0.2) is 4.98 Å². The Labute approximate surface area is 120 Å². The molecule has 1 atom stereocenters. The van der Waals surface area contributed by atoms with Crippen LogP contribution in [-0.4, -0.2) is 4.98 Å². The number of pyridine rings is 1. The van der Waals surface area contributed by atoms with Crippen LogP contribution in [0.5, 0.6) is 11.6 Å². The maximum Gasteiger partial charge on any atom is 0.223 e. The molecule has 0 saturated carbocycles. The van der Waals surface area contributed by atoms with E-state index in [-0.39, 0.29) is 11.5 Å². The van der Waals surface area contributed by atoms with Crippen LogP contribution in [0.3, 0.4) is 0 Å². The third-order valence-electron chi connectivity index (χ3n) is 3.19. The van der Waals surface area contributed by atoms with Gasteiger partial charge in [-0.1, -0.05) is 45.0 Å². The Bertz CT molecular complexity index is 586. The molecule has 1 heterocycles. The van der Waals surface area contributed by atoms with Gasteiger partial charge in [0.15, 0.2) is 0 Å². The third kappa shape index (κ3) is 3.17. The van der Waals surface area contributed by atoms with E-state index in [1.165, 1.54) is 0 Å². The quantitative estimate of drug-likeness (QED) is 0.909. The van der Waals surface area contributed by atoms with Gasteiger partial charge in [-0.3, -0.25) is 0 Å². The molecule has 0 aliphatic heterocycles. The number of hydrogen-bond acceptors (Lipinski definition) is 3. The molecule has 0 radical (unpaired) electrons. The molecule has 2 rings (SSSR count). The molecule has 0 spiro atoms. The van der Waals surface area contributed by atoms with E-state index in [4.69, 9.17) is 10.5 Å². The molecule has 20 heavy (non-hydrogen) atoms. The molecule has 1 aromatic heterocycles. The molecular formula is C17H22N2O. The van der Waals surface area contributed by atoms with E-state index in [2.05, 4.69) is 31.8 Å². The van der Waals surface area contributed by atoms with Crippen molar-refractivity contribution >= 4 is 0 Å². The lowest BCUT2D eigenvalue weighted by atomic mass is 9.86. The van der Waals surface area contributed by atoms with Gasteiger partial charge < -0.3 is 10.5 Å². The van der Waals surface area contributed by atoms with Crippen molar-refractivity contribution in [1.82, 2.24) is 4.98 Å². The van der Waals surface area contributed by atoms with Crippen molar-refractivity contribution in [2.75, 3.05) is 0 Å². The number of nitrogens with zero attached hydrogens (tertiary/aromatic N) is 1. The van der Waals surface area contributed by atoms with Gasteiger partial charge in [-0.05, 0) is 24.5 Å². The zero-order valence-electron chi connectivity index (χ0n) is 12.6. The summed E-state index contributed by atoms with van der Waals surface area (Å²) in [6.07, 6.45) is 1.72. The Morgan fingerprint density at radius 2 is 1.80 bits per heavy atom. The van der Waals surface area contributed by atoms with Crippen LogP contribution in [-0.2, 0) is 5.41 Å². The van der Waals surface area contributed by atoms with Gasteiger partial charge in [0.1, 0.15) is 5.75 Å². The molecule has 0 amide bonds. The lowest BCUT2D eigenvalue weighted by Gasteiger charge is -2.23. The van der Waals surface area contributed by atoms with Gasteiger partial charge in [0.05, 0.1) is 0 Å². The van der Waals surface area contributed by atoms with Gasteiger partial charge in [-0.15, -0.1) is 0 Å². The van der Waals surface area contributed by atoms with Gasteiger partial charge >= 0.3 is 0 Å². The molecule has 1 unspecified atom stereocenters. The number of rotatable bonds is 3. The van der Waals surface area contributed by atoms with Gasteiger partial charge in [-0.2, -0.15) is 0 Å². The average molecular weight is 270 g/mol. The molecule has 2 N–H and O–H groups in total. The monoisotopic (exact) mass is 270 g/mol. The van der Waals surface area contributed by atoms with E-state index in [1.54, 1.807) is 6.20 Å². The summed E-state index contributed by atoms with van der Waals surface area (Å²) in [4.78, 5) is 4.32. The summed E-state index contributed by atoms with van der Waals surface area (Å²) < 4.78 is 6.04. The first kappa shape index (κ1) is 14.5. The van der Waals surface area contributed by atoms with Crippen LogP contribution in [0.1, 0.15) is 44.9 Å². The highest BCUT2D eigenvalue weighted by Gasteiger charge is 2.20. The van der Waals surface area contributed by atoms with E-state index < -0.39 is 0 Å². The molecular weight excluding hydrogens is 248 g/mol. The summed E-state index contributed by atoms with van der Waals surface area (Å²) in [5.74, 6) is 1.42. The predicted octanol–water partition coefficient (Wildman–Crippen LogP) is 4.19. The van der Waals surface area contributed by atoms with Gasteiger partial charge in [0, 0.05) is 23.4 Å². The van der Waals surface area contributed by atoms with Crippen molar-refractivity contribution in [2.24, 2.45) is 5.73 Å². The molecule has 3 heteroatoms. The van der Waals surface area contributed by atoms with Gasteiger partial charge in [0.25, 0.3) is 0 Å². The molecule has 106 valence electrons. The first-order valence-corrected chi connectivity index (χ1v) is 6.87. The first-order chi connectivity index (χ1) is 9.39. The van der Waals surface area contributed by atoms with Crippen molar-refractivity contribution in [3.05, 3.63) is 53.7 Å². The minimum Gasteiger partial charge on any atom is -0.438 e. The van der Waals surface area contributed by atoms with Crippen molar-refractivity contribution in [3.63, 3.8) is 0 Å². The molecule has 1 aromatic carbocycles. The highest BCUT2D eigenvalue weighted by Crippen LogP contribution is 2.34. The Morgan fingerprint density at radius 3 is 2.45 bits per heavy atom. The molecule has 0 aliphatic rings. The van der Waals surface area contributed by atoms with E-state index >= 15 is 0 Å². The number of hydrogen-bond donors (Lipinski definition) is 1. The topological polar surface area (TPSA) is 48.1 Å². The minimum atomic E-state index is -0.111. The third-order valence-corrected chi connectivity index (χ3v) is 3.19. The predicted molar refractivity (Wildman–Crippen MR) is 82.1 cm³/mol. The summed E-state index contributed by atoms with van der Waals surface area (Å²) in [7, 11) is 0. The van der Waals surface area contributed by atoms with Crippen LogP contribution in [0.4, 0.5) is 0 Å². The number of ether oxygens (including phenoxy) is 1. The lowest BCUT2D eigenvalue weighted by Crippen LogP contribution is -2.13. The molecule has 2 aromatic rings. The van der Waals surface area contributed by atoms with E-state index in [0.717, 1.165) is 16.9 Å². The molecule has 0 aliphatic carbocycles. The van der Waals surface area contributed by atoms with Crippen molar-refractivity contribution in [3.8, 4) is 11.6 Å². The fourth-order valence-corrected chi connectivity index (χ4v) is 2.11. The van der Waals surface area contributed by atoms with Crippen molar-refractivity contribution < 1.29 is 4.74 Å². The summed E-state index contributed by atoms with van der Waals surface area (Å²) >= 11 is 0. The lowest BCUT2D eigenvalue weighted by molar-refractivity contribution is 0.431. The largest absolute Gasteiger partial charge is 0.438 e. The number of nitrogens with two attached hydrogens (primary N) is 1. The zero-order chi connectivity index (χ0) is 14.8. The fraction of sp³-hybridized carbons (Fsp3) is 0.353. The second-order valence-corrected chi connectivity index (χ2v) is 6.03. The minimum absolute atomic E-state index is 0.0138.